The highest BCUT2D eigenvalue weighted by Crippen LogP contribution is 2.26. The molecule has 2 nitrogen and oxygen atoms in total. The first-order chi connectivity index (χ1) is 9.31. The molecule has 1 aromatic rings. The van der Waals surface area contributed by atoms with E-state index in [2.05, 4.69) is 5.32 Å². The van der Waals surface area contributed by atoms with Crippen LogP contribution in [-0.2, 0) is 6.54 Å². The first-order valence-electron chi connectivity index (χ1n) is 7.33. The Morgan fingerprint density at radius 3 is 2.79 bits per heavy atom. The van der Waals surface area contributed by atoms with E-state index in [4.69, 9.17) is 4.74 Å². The highest BCUT2D eigenvalue weighted by molar-refractivity contribution is 5.30. The predicted octanol–water partition coefficient (Wildman–Crippen LogP) is 3.89. The van der Waals surface area contributed by atoms with Crippen LogP contribution in [0.1, 0.15) is 44.1 Å². The van der Waals surface area contributed by atoms with Gasteiger partial charge >= 0.3 is 0 Å². The van der Waals surface area contributed by atoms with Gasteiger partial charge in [0.25, 0.3) is 0 Å². The van der Waals surface area contributed by atoms with Crippen LogP contribution in [0.3, 0.4) is 0 Å². The van der Waals surface area contributed by atoms with Crippen molar-refractivity contribution in [3.63, 3.8) is 0 Å². The van der Waals surface area contributed by atoms with Crippen molar-refractivity contribution < 1.29 is 9.13 Å². The smallest absolute Gasteiger partial charge is 0.169 e. The van der Waals surface area contributed by atoms with E-state index in [1.807, 2.05) is 12.1 Å². The average Bonchev–Trinajstić information content (AvgIpc) is 2.46. The molecular weight excluding hydrogens is 241 g/mol. The van der Waals surface area contributed by atoms with Gasteiger partial charge in [0.15, 0.2) is 11.6 Å². The molecule has 0 bridgehead atoms. The number of methoxy groups -OCH3 is 1. The molecule has 106 valence electrons. The molecule has 1 saturated carbocycles. The van der Waals surface area contributed by atoms with Crippen molar-refractivity contribution in [2.24, 2.45) is 5.92 Å². The lowest BCUT2D eigenvalue weighted by molar-refractivity contribution is 0.333. The molecule has 1 N–H and O–H groups in total. The Hall–Kier alpha value is -1.09. The van der Waals surface area contributed by atoms with E-state index in [0.717, 1.165) is 12.5 Å². The van der Waals surface area contributed by atoms with Crippen molar-refractivity contribution in [2.45, 2.75) is 45.1 Å². The lowest BCUT2D eigenvalue weighted by atomic mass is 9.87. The lowest BCUT2D eigenvalue weighted by Gasteiger charge is -2.21. The van der Waals surface area contributed by atoms with Crippen LogP contribution in [0.15, 0.2) is 18.2 Å². The van der Waals surface area contributed by atoms with E-state index in [1.54, 1.807) is 6.07 Å². The maximum absolute atomic E-state index is 13.9. The zero-order valence-corrected chi connectivity index (χ0v) is 11.8. The Labute approximate surface area is 115 Å². The third kappa shape index (κ3) is 4.20. The predicted molar refractivity (Wildman–Crippen MR) is 75.9 cm³/mol. The number of ether oxygens (including phenoxy) is 1. The molecule has 0 amide bonds. The molecular formula is C16H24FNO. The summed E-state index contributed by atoms with van der Waals surface area (Å²) >= 11 is 0. The van der Waals surface area contributed by atoms with Gasteiger partial charge in [-0.25, -0.2) is 4.39 Å². The van der Waals surface area contributed by atoms with Gasteiger partial charge in [-0.1, -0.05) is 44.2 Å². The van der Waals surface area contributed by atoms with E-state index in [9.17, 15) is 4.39 Å². The second kappa shape index (κ2) is 7.49. The monoisotopic (exact) mass is 265 g/mol. The van der Waals surface area contributed by atoms with Crippen molar-refractivity contribution in [2.75, 3.05) is 13.7 Å². The van der Waals surface area contributed by atoms with Gasteiger partial charge < -0.3 is 10.1 Å². The Morgan fingerprint density at radius 1 is 1.26 bits per heavy atom. The SMILES string of the molecule is COc1cccc(CNCCC2CCCCC2)c1F. The molecule has 0 aromatic heterocycles. The van der Waals surface area contributed by atoms with Crippen molar-refractivity contribution in [3.8, 4) is 5.75 Å². The molecule has 0 spiro atoms. The molecule has 0 heterocycles. The second-order valence-corrected chi connectivity index (χ2v) is 5.40. The van der Waals surface area contributed by atoms with Gasteiger partial charge in [-0.3, -0.25) is 0 Å². The number of hydrogen-bond acceptors (Lipinski definition) is 2. The summed E-state index contributed by atoms with van der Waals surface area (Å²) in [6.45, 7) is 1.55. The van der Waals surface area contributed by atoms with E-state index < -0.39 is 0 Å². The first kappa shape index (κ1) is 14.3. The Bertz CT molecular complexity index is 388. The Balaban J connectivity index is 1.73. The van der Waals surface area contributed by atoms with Gasteiger partial charge in [-0.2, -0.15) is 0 Å². The fourth-order valence-corrected chi connectivity index (χ4v) is 2.86. The fourth-order valence-electron chi connectivity index (χ4n) is 2.86. The highest BCUT2D eigenvalue weighted by Gasteiger charge is 2.13. The Kier molecular flexibility index (Phi) is 5.64. The standard InChI is InChI=1S/C16H24FNO/c1-19-15-9-5-8-14(16(15)17)12-18-11-10-13-6-3-2-4-7-13/h5,8-9,13,18H,2-4,6-7,10-12H2,1H3. The summed E-state index contributed by atoms with van der Waals surface area (Å²) in [5, 5.41) is 3.35. The van der Waals surface area contributed by atoms with Crippen molar-refractivity contribution in [1.29, 1.82) is 0 Å². The average molecular weight is 265 g/mol. The zero-order chi connectivity index (χ0) is 13.5. The number of benzene rings is 1. The lowest BCUT2D eigenvalue weighted by Crippen LogP contribution is -2.19. The zero-order valence-electron chi connectivity index (χ0n) is 11.8. The maximum Gasteiger partial charge on any atom is 0.169 e. The second-order valence-electron chi connectivity index (χ2n) is 5.40. The summed E-state index contributed by atoms with van der Waals surface area (Å²) in [5.41, 5.74) is 0.683. The van der Waals surface area contributed by atoms with Crippen LogP contribution in [0.2, 0.25) is 0 Å². The molecule has 0 saturated heterocycles. The summed E-state index contributed by atoms with van der Waals surface area (Å²) in [6.07, 6.45) is 8.12. The number of rotatable bonds is 6. The minimum Gasteiger partial charge on any atom is -0.494 e. The van der Waals surface area contributed by atoms with Crippen LogP contribution in [-0.4, -0.2) is 13.7 Å². The maximum atomic E-state index is 13.9. The fraction of sp³-hybridized carbons (Fsp3) is 0.625. The van der Waals surface area contributed by atoms with E-state index in [1.165, 1.54) is 45.6 Å². The minimum absolute atomic E-state index is 0.241. The highest BCUT2D eigenvalue weighted by atomic mass is 19.1. The summed E-state index contributed by atoms with van der Waals surface area (Å²) in [4.78, 5) is 0. The molecule has 0 atom stereocenters. The molecule has 0 unspecified atom stereocenters. The van der Waals surface area contributed by atoms with Crippen LogP contribution < -0.4 is 10.1 Å². The molecule has 19 heavy (non-hydrogen) atoms. The molecule has 0 aliphatic heterocycles. The summed E-state index contributed by atoms with van der Waals surface area (Å²) in [7, 11) is 1.50. The number of hydrogen-bond donors (Lipinski definition) is 1. The van der Waals surface area contributed by atoms with Crippen LogP contribution in [0.25, 0.3) is 0 Å². The van der Waals surface area contributed by atoms with E-state index >= 15 is 0 Å². The topological polar surface area (TPSA) is 21.3 Å². The normalized spacial score (nSPS) is 16.5. The van der Waals surface area contributed by atoms with Crippen LogP contribution in [0.5, 0.6) is 5.75 Å². The minimum atomic E-state index is -0.241. The molecule has 3 heteroatoms. The largest absolute Gasteiger partial charge is 0.494 e. The van der Waals surface area contributed by atoms with Crippen molar-refractivity contribution in [3.05, 3.63) is 29.6 Å². The quantitative estimate of drug-likeness (QED) is 0.788. The molecule has 1 aliphatic rings. The third-order valence-electron chi connectivity index (χ3n) is 4.03. The van der Waals surface area contributed by atoms with Gasteiger partial charge in [0.1, 0.15) is 0 Å². The first-order valence-corrected chi connectivity index (χ1v) is 7.33. The molecule has 1 fully saturated rings. The molecule has 2 rings (SSSR count). The van der Waals surface area contributed by atoms with Gasteiger partial charge in [0.05, 0.1) is 7.11 Å². The van der Waals surface area contributed by atoms with Crippen LogP contribution in [0, 0.1) is 11.7 Å². The number of halogens is 1. The van der Waals surface area contributed by atoms with Crippen molar-refractivity contribution in [1.82, 2.24) is 5.32 Å². The van der Waals surface area contributed by atoms with Gasteiger partial charge in [0.2, 0.25) is 0 Å². The van der Waals surface area contributed by atoms with Crippen molar-refractivity contribution >= 4 is 0 Å². The molecule has 0 radical (unpaired) electrons. The van der Waals surface area contributed by atoms with E-state index in [-0.39, 0.29) is 5.82 Å². The van der Waals surface area contributed by atoms with Gasteiger partial charge in [-0.15, -0.1) is 0 Å². The van der Waals surface area contributed by atoms with Crippen LogP contribution >= 0.6 is 0 Å². The Morgan fingerprint density at radius 2 is 2.05 bits per heavy atom. The third-order valence-corrected chi connectivity index (χ3v) is 4.03. The van der Waals surface area contributed by atoms with Gasteiger partial charge in [0, 0.05) is 12.1 Å². The number of nitrogens with one attached hydrogen (secondary N) is 1. The summed E-state index contributed by atoms with van der Waals surface area (Å²) < 4.78 is 18.9. The summed E-state index contributed by atoms with van der Waals surface area (Å²) in [6, 6.07) is 5.30. The van der Waals surface area contributed by atoms with E-state index in [0.29, 0.717) is 17.9 Å². The summed E-state index contributed by atoms with van der Waals surface area (Å²) in [5.74, 6) is 0.957. The van der Waals surface area contributed by atoms with Crippen LogP contribution in [0.4, 0.5) is 4.39 Å². The molecule has 1 aliphatic carbocycles. The van der Waals surface area contributed by atoms with Gasteiger partial charge in [-0.05, 0) is 24.9 Å². The molecule has 1 aromatic carbocycles.